The second-order valence-corrected chi connectivity index (χ2v) is 18.3. The molecule has 0 aromatic heterocycles. The van der Waals surface area contributed by atoms with Crippen molar-refractivity contribution in [3.05, 3.63) is 0 Å². The van der Waals surface area contributed by atoms with E-state index >= 15 is 0 Å². The summed E-state index contributed by atoms with van der Waals surface area (Å²) in [5.41, 5.74) is -3.16. The van der Waals surface area contributed by atoms with E-state index in [2.05, 4.69) is 5.32 Å². The van der Waals surface area contributed by atoms with Crippen molar-refractivity contribution in [2.75, 3.05) is 86.5 Å². The first-order valence-electron chi connectivity index (χ1n) is 20.2. The summed E-state index contributed by atoms with van der Waals surface area (Å²) in [5.74, 6) is 0.858. The topological polar surface area (TPSA) is 255 Å². The Hall–Kier alpha value is -0.410. The van der Waals surface area contributed by atoms with Crippen LogP contribution in [0.25, 0.3) is 0 Å². The van der Waals surface area contributed by atoms with Crippen molar-refractivity contribution in [3.8, 4) is 0 Å². The van der Waals surface area contributed by atoms with Gasteiger partial charge in [-0.3, -0.25) is 0 Å². The quantitative estimate of drug-likeness (QED) is 0.119. The molecule has 10 bridgehead atoms. The van der Waals surface area contributed by atoms with Gasteiger partial charge in [0.05, 0.1) is 94.7 Å². The van der Waals surface area contributed by atoms with E-state index < -0.39 is 40.2 Å². The molecule has 0 aromatic rings. The van der Waals surface area contributed by atoms with Gasteiger partial charge in [0.1, 0.15) is 76.8 Å². The van der Waals surface area contributed by atoms with Gasteiger partial charge in [0.15, 0.2) is 0 Å². The van der Waals surface area contributed by atoms with Crippen LogP contribution < -0.4 is 5.32 Å². The lowest BCUT2D eigenvalue weighted by molar-refractivity contribution is -0.156. The molecular weight excluding hydrogens is 790 g/mol. The van der Waals surface area contributed by atoms with Crippen molar-refractivity contribution < 1.29 is 87.9 Å². The van der Waals surface area contributed by atoms with Gasteiger partial charge >= 0.3 is 0 Å². The minimum atomic E-state index is -0.829. The van der Waals surface area contributed by atoms with Gasteiger partial charge in [-0.1, -0.05) is 0 Å². The van der Waals surface area contributed by atoms with E-state index in [0.717, 1.165) is 5.75 Å². The number of fused-ring (bicyclic) bond motifs is 10. The zero-order chi connectivity index (χ0) is 42.4. The number of methoxy groups -OCH3 is 3. The van der Waals surface area contributed by atoms with Gasteiger partial charge in [0.25, 0.3) is 0 Å². The molecule has 0 amide bonds. The summed E-state index contributed by atoms with van der Waals surface area (Å²) in [6.45, 7) is 11.1. The largest absolute Gasteiger partial charge is 0.393 e. The molecule has 0 radical (unpaired) electrons. The molecule has 58 heavy (non-hydrogen) atoms. The molecule has 0 spiro atoms. The van der Waals surface area contributed by atoms with Crippen molar-refractivity contribution in [1.82, 2.24) is 5.32 Å². The maximum Gasteiger partial charge on any atom is 0.143 e. The normalized spacial score (nSPS) is 53.1. The number of thioether (sulfide) groups is 1. The lowest BCUT2D eigenvalue weighted by Crippen LogP contribution is -2.47. The number of aliphatic hydroxyl groups excluding tert-OH is 7. The highest BCUT2D eigenvalue weighted by Gasteiger charge is 2.63. The maximum absolute atomic E-state index is 9.54. The fourth-order valence-electron chi connectivity index (χ4n) is 10.3. The van der Waals surface area contributed by atoms with Crippen molar-refractivity contribution >= 4 is 11.8 Å². The highest BCUT2D eigenvalue weighted by Crippen LogP contribution is 2.48. The first kappa shape index (κ1) is 47.1. The monoisotopic (exact) mass is 857 g/mol. The van der Waals surface area contributed by atoms with Crippen LogP contribution in [0.15, 0.2) is 0 Å². The molecule has 5 unspecified atom stereocenters. The Kier molecular flexibility index (Phi) is 14.9. The minimum absolute atomic E-state index is 0.00231. The number of aliphatic hydroxyl groups is 7. The fourth-order valence-corrected chi connectivity index (χ4v) is 11.9. The summed E-state index contributed by atoms with van der Waals surface area (Å²) in [6, 6.07) is 0.238. The summed E-state index contributed by atoms with van der Waals surface area (Å²) in [5, 5.41) is 68.3. The summed E-state index contributed by atoms with van der Waals surface area (Å²) in [6.07, 6.45) is -1.72. The third-order valence-corrected chi connectivity index (χ3v) is 15.1. The van der Waals surface area contributed by atoms with E-state index in [1.807, 2.05) is 46.4 Å². The third-order valence-electron chi connectivity index (χ3n) is 13.5. The molecule has 10 aliphatic heterocycles. The van der Waals surface area contributed by atoms with E-state index in [-0.39, 0.29) is 106 Å². The van der Waals surface area contributed by atoms with E-state index in [9.17, 15) is 25.5 Å². The van der Waals surface area contributed by atoms with Gasteiger partial charge in [-0.15, -0.1) is 11.8 Å². The predicted molar refractivity (Wildman–Crippen MR) is 203 cm³/mol. The van der Waals surface area contributed by atoms with Gasteiger partial charge in [-0.2, -0.15) is 0 Å². The summed E-state index contributed by atoms with van der Waals surface area (Å²) >= 11 is 1.85. The van der Waals surface area contributed by atoms with Crippen LogP contribution in [0.5, 0.6) is 0 Å². The number of rotatable bonds is 8. The molecule has 20 atom stereocenters. The standard InChI is InChI=1S/C8H15NO3.C8H14O4.C8H14O3S.2C7H12O4/c1-5-6-7(11-2)8(4-10,12-5)3-9-6;1-5-6-7(10-2)8(3-9,12-5)4-11-6;1-5-6-7(10-2)8(3-9,11-5)4-12-6;2*1-4-5-6(9)7(2-8,11-4)3-10-5/h5-7,9-10H,3-4H2,1-2H3;2*5-7,9H,3-4H2,1-2H3;2*4-6,8-9H,2-3H2,1H3/t5-,6?,7-,8-;2*5-,6?,7-,8+;4-,5?,6-,7+;4-,5?,6-,7-/m00010/s1. The zero-order valence-corrected chi connectivity index (χ0v) is 35.6. The van der Waals surface area contributed by atoms with E-state index in [1.54, 1.807) is 21.3 Å². The average molecular weight is 858 g/mol. The van der Waals surface area contributed by atoms with Crippen LogP contribution in [0, 0.1) is 0 Å². The van der Waals surface area contributed by atoms with E-state index in [0.29, 0.717) is 31.6 Å². The first-order valence-corrected chi connectivity index (χ1v) is 21.2. The second-order valence-electron chi connectivity index (χ2n) is 17.1. The molecule has 0 aliphatic carbocycles. The minimum Gasteiger partial charge on any atom is -0.393 e. The fraction of sp³-hybridized carbons (Fsp3) is 1.00. The number of hydrogen-bond donors (Lipinski definition) is 8. The van der Waals surface area contributed by atoms with Crippen LogP contribution in [0.2, 0.25) is 0 Å². The first-order chi connectivity index (χ1) is 27.6. The zero-order valence-electron chi connectivity index (χ0n) is 34.8. The Morgan fingerprint density at radius 3 is 1.24 bits per heavy atom. The predicted octanol–water partition coefficient (Wildman–Crippen LogP) is -3.27. The Morgan fingerprint density at radius 1 is 0.517 bits per heavy atom. The Labute approximate surface area is 344 Å². The number of hydrogen-bond acceptors (Lipinski definition) is 20. The molecule has 10 aliphatic rings. The number of morpholine rings is 1. The Bertz CT molecular complexity index is 1230. The van der Waals surface area contributed by atoms with Gasteiger partial charge in [0, 0.05) is 33.6 Å². The van der Waals surface area contributed by atoms with E-state index in [4.69, 9.17) is 62.3 Å². The molecule has 338 valence electrons. The number of nitrogens with one attached hydrogen (secondary N) is 1. The number of ether oxygens (including phenoxy) is 11. The smallest absolute Gasteiger partial charge is 0.143 e. The molecule has 20 heteroatoms. The van der Waals surface area contributed by atoms with E-state index in [1.165, 1.54) is 0 Å². The van der Waals surface area contributed by atoms with Crippen molar-refractivity contribution in [1.29, 1.82) is 0 Å². The lowest BCUT2D eigenvalue weighted by atomic mass is 10.00. The molecular formula is C38H67NO18S. The summed E-state index contributed by atoms with van der Waals surface area (Å²) < 4.78 is 59.6. The van der Waals surface area contributed by atoms with Crippen molar-refractivity contribution in [2.24, 2.45) is 0 Å². The molecule has 10 rings (SSSR count). The summed E-state index contributed by atoms with van der Waals surface area (Å²) in [4.78, 5) is 0. The molecule has 10 saturated heterocycles. The molecule has 8 N–H and O–H groups in total. The highest BCUT2D eigenvalue weighted by atomic mass is 32.2. The van der Waals surface area contributed by atoms with Crippen LogP contribution in [0.1, 0.15) is 34.6 Å². The van der Waals surface area contributed by atoms with Gasteiger partial charge < -0.3 is 93.2 Å². The van der Waals surface area contributed by atoms with Gasteiger partial charge in [0.2, 0.25) is 0 Å². The second kappa shape index (κ2) is 18.4. The SMILES string of the molecule is CO[C@H]1C2NC[C@@]1(CO)O[C@H]2C.CO[C@H]1C2OC[C@@]1(CO)O[C@H]2C.CO[C@H]1C2SC[C@@]1(CO)O[C@H]2C.C[C@@H]1O[C@@]2(CO)COC1[C@@H]2O.C[C@H]1O[C@@]2(CO)COC1[C@H]2O. The molecule has 0 saturated carbocycles. The Morgan fingerprint density at radius 2 is 0.931 bits per heavy atom. The molecule has 10 fully saturated rings. The molecule has 19 nitrogen and oxygen atoms in total. The van der Waals surface area contributed by atoms with Gasteiger partial charge in [-0.05, 0) is 34.6 Å². The Balaban J connectivity index is 0.000000122. The third kappa shape index (κ3) is 7.82. The molecule has 10 heterocycles. The molecule has 0 aromatic carbocycles. The highest BCUT2D eigenvalue weighted by molar-refractivity contribution is 8.00. The van der Waals surface area contributed by atoms with Crippen LogP contribution in [-0.4, -0.2) is 241 Å². The average Bonchev–Trinajstić information content (AvgIpc) is 4.13. The van der Waals surface area contributed by atoms with Crippen LogP contribution in [-0.2, 0) is 52.1 Å². The van der Waals surface area contributed by atoms with Crippen LogP contribution in [0.4, 0.5) is 0 Å². The van der Waals surface area contributed by atoms with Crippen LogP contribution >= 0.6 is 11.8 Å². The van der Waals surface area contributed by atoms with Gasteiger partial charge in [-0.25, -0.2) is 0 Å². The maximum atomic E-state index is 9.54. The van der Waals surface area contributed by atoms with Crippen molar-refractivity contribution in [3.63, 3.8) is 0 Å². The summed E-state index contributed by atoms with van der Waals surface area (Å²) in [7, 11) is 4.98. The van der Waals surface area contributed by atoms with Crippen LogP contribution in [0.3, 0.4) is 0 Å². The van der Waals surface area contributed by atoms with Crippen molar-refractivity contribution in [2.45, 2.75) is 153 Å². The lowest BCUT2D eigenvalue weighted by Gasteiger charge is -2.28.